The molecule has 1 fully saturated rings. The van der Waals surface area contributed by atoms with Gasteiger partial charge in [-0.05, 0) is 25.5 Å². The van der Waals surface area contributed by atoms with E-state index in [1.807, 2.05) is 19.1 Å². The van der Waals surface area contributed by atoms with E-state index in [0.29, 0.717) is 18.5 Å². The predicted octanol–water partition coefficient (Wildman–Crippen LogP) is 2.23. The minimum Gasteiger partial charge on any atom is -0.337 e. The molecule has 1 aromatic rings. The van der Waals surface area contributed by atoms with Crippen LogP contribution in [0.1, 0.15) is 22.3 Å². The van der Waals surface area contributed by atoms with Gasteiger partial charge in [0.25, 0.3) is 5.91 Å². The Bertz CT molecular complexity index is 555. The number of amides is 2. The van der Waals surface area contributed by atoms with Crippen LogP contribution in [0.25, 0.3) is 0 Å². The standard InChI is InChI=1S/C15H17F3N2O2/c1-11-3-5-12(6-4-11)13(21)19-7-2-8-20(10-9-19)14(22)15(16,17)18/h3-6H,2,7-10H2,1H3. The van der Waals surface area contributed by atoms with E-state index in [-0.39, 0.29) is 25.5 Å². The smallest absolute Gasteiger partial charge is 0.337 e. The van der Waals surface area contributed by atoms with Crippen LogP contribution in [0.5, 0.6) is 0 Å². The lowest BCUT2D eigenvalue weighted by atomic mass is 10.1. The Morgan fingerprint density at radius 2 is 1.50 bits per heavy atom. The molecule has 1 saturated heterocycles. The van der Waals surface area contributed by atoms with Crippen LogP contribution in [0.4, 0.5) is 13.2 Å². The summed E-state index contributed by atoms with van der Waals surface area (Å²) in [5, 5.41) is 0. The van der Waals surface area contributed by atoms with Crippen LogP contribution in [0.2, 0.25) is 0 Å². The van der Waals surface area contributed by atoms with E-state index in [9.17, 15) is 22.8 Å². The predicted molar refractivity (Wildman–Crippen MR) is 74.3 cm³/mol. The minimum atomic E-state index is -4.86. The molecule has 22 heavy (non-hydrogen) atoms. The zero-order valence-corrected chi connectivity index (χ0v) is 12.2. The normalized spacial score (nSPS) is 16.4. The van der Waals surface area contributed by atoms with Crippen molar-refractivity contribution in [2.45, 2.75) is 19.5 Å². The molecule has 0 unspecified atom stereocenters. The minimum absolute atomic E-state index is 0.00994. The first-order chi connectivity index (χ1) is 10.3. The molecule has 0 saturated carbocycles. The maximum Gasteiger partial charge on any atom is 0.471 e. The van der Waals surface area contributed by atoms with E-state index < -0.39 is 12.1 Å². The number of carbonyl (C=O) groups is 2. The summed E-state index contributed by atoms with van der Waals surface area (Å²) >= 11 is 0. The quantitative estimate of drug-likeness (QED) is 0.797. The molecule has 2 rings (SSSR count). The van der Waals surface area contributed by atoms with Gasteiger partial charge in [0.1, 0.15) is 0 Å². The first-order valence-corrected chi connectivity index (χ1v) is 7.01. The first-order valence-electron chi connectivity index (χ1n) is 7.01. The number of aryl methyl sites for hydroxylation is 1. The fourth-order valence-corrected chi connectivity index (χ4v) is 2.38. The molecule has 4 nitrogen and oxygen atoms in total. The van der Waals surface area contributed by atoms with E-state index >= 15 is 0 Å². The van der Waals surface area contributed by atoms with Gasteiger partial charge in [-0.25, -0.2) is 0 Å². The van der Waals surface area contributed by atoms with Crippen molar-refractivity contribution in [1.82, 2.24) is 9.80 Å². The van der Waals surface area contributed by atoms with Crippen LogP contribution >= 0.6 is 0 Å². The second kappa shape index (κ2) is 6.37. The highest BCUT2D eigenvalue weighted by atomic mass is 19.4. The highest BCUT2D eigenvalue weighted by molar-refractivity contribution is 5.94. The lowest BCUT2D eigenvalue weighted by Gasteiger charge is -2.23. The number of nitrogens with zero attached hydrogens (tertiary/aromatic N) is 2. The molecule has 0 N–H and O–H groups in total. The molecule has 1 heterocycles. The number of hydrogen-bond donors (Lipinski definition) is 0. The monoisotopic (exact) mass is 314 g/mol. The largest absolute Gasteiger partial charge is 0.471 e. The fraction of sp³-hybridized carbons (Fsp3) is 0.467. The van der Waals surface area contributed by atoms with Crippen LogP contribution in [0, 0.1) is 6.92 Å². The number of hydrogen-bond acceptors (Lipinski definition) is 2. The molecule has 120 valence electrons. The Labute approximate surface area is 126 Å². The SMILES string of the molecule is Cc1ccc(C(=O)N2CCCN(C(=O)C(F)(F)F)CC2)cc1. The molecule has 0 aromatic heterocycles. The van der Waals surface area contributed by atoms with Crippen LogP contribution in [0.15, 0.2) is 24.3 Å². The number of carbonyl (C=O) groups excluding carboxylic acids is 2. The first kappa shape index (κ1) is 16.3. The number of benzene rings is 1. The van der Waals surface area contributed by atoms with Crippen molar-refractivity contribution in [3.8, 4) is 0 Å². The topological polar surface area (TPSA) is 40.6 Å². The zero-order chi connectivity index (χ0) is 16.3. The summed E-state index contributed by atoms with van der Waals surface area (Å²) in [7, 11) is 0. The lowest BCUT2D eigenvalue weighted by molar-refractivity contribution is -0.185. The maximum atomic E-state index is 12.5. The molecular weight excluding hydrogens is 297 g/mol. The number of halogens is 3. The van der Waals surface area contributed by atoms with Crippen molar-refractivity contribution < 1.29 is 22.8 Å². The molecule has 1 aromatic carbocycles. The molecule has 1 aliphatic rings. The fourth-order valence-electron chi connectivity index (χ4n) is 2.38. The molecule has 0 spiro atoms. The van der Waals surface area contributed by atoms with Gasteiger partial charge in [0.15, 0.2) is 0 Å². The van der Waals surface area contributed by atoms with E-state index in [4.69, 9.17) is 0 Å². The second-order valence-electron chi connectivity index (χ2n) is 5.30. The Hall–Kier alpha value is -2.05. The Balaban J connectivity index is 2.02. The second-order valence-corrected chi connectivity index (χ2v) is 5.30. The van der Waals surface area contributed by atoms with Crippen molar-refractivity contribution in [2.24, 2.45) is 0 Å². The van der Waals surface area contributed by atoms with E-state index in [2.05, 4.69) is 0 Å². The van der Waals surface area contributed by atoms with Crippen LogP contribution in [-0.4, -0.2) is 54.0 Å². The third-order valence-corrected chi connectivity index (χ3v) is 3.61. The zero-order valence-electron chi connectivity index (χ0n) is 12.2. The lowest BCUT2D eigenvalue weighted by Crippen LogP contribution is -2.43. The van der Waals surface area contributed by atoms with E-state index in [1.54, 1.807) is 12.1 Å². The molecule has 1 aliphatic heterocycles. The summed E-state index contributed by atoms with van der Waals surface area (Å²) in [5.74, 6) is -2.06. The van der Waals surface area contributed by atoms with Gasteiger partial charge in [-0.15, -0.1) is 0 Å². The van der Waals surface area contributed by atoms with Gasteiger partial charge in [0, 0.05) is 31.7 Å². The highest BCUT2D eigenvalue weighted by Gasteiger charge is 2.42. The molecule has 0 aliphatic carbocycles. The third kappa shape index (κ3) is 3.78. The van der Waals surface area contributed by atoms with Gasteiger partial charge >= 0.3 is 12.1 Å². The van der Waals surface area contributed by atoms with E-state index in [0.717, 1.165) is 10.5 Å². The Morgan fingerprint density at radius 1 is 0.955 bits per heavy atom. The van der Waals surface area contributed by atoms with Gasteiger partial charge in [0.2, 0.25) is 0 Å². The van der Waals surface area contributed by atoms with Crippen molar-refractivity contribution in [3.63, 3.8) is 0 Å². The highest BCUT2D eigenvalue weighted by Crippen LogP contribution is 2.20. The Kier molecular flexibility index (Phi) is 4.73. The molecule has 0 bridgehead atoms. The summed E-state index contributed by atoms with van der Waals surface area (Å²) < 4.78 is 37.4. The van der Waals surface area contributed by atoms with Crippen molar-refractivity contribution >= 4 is 11.8 Å². The molecule has 7 heteroatoms. The van der Waals surface area contributed by atoms with Gasteiger partial charge < -0.3 is 9.80 Å². The number of rotatable bonds is 1. The molecule has 0 radical (unpaired) electrons. The van der Waals surface area contributed by atoms with Gasteiger partial charge in [-0.1, -0.05) is 17.7 Å². The molecule has 2 amide bonds. The van der Waals surface area contributed by atoms with Crippen molar-refractivity contribution in [2.75, 3.05) is 26.2 Å². The van der Waals surface area contributed by atoms with Crippen LogP contribution in [0.3, 0.4) is 0 Å². The van der Waals surface area contributed by atoms with Crippen molar-refractivity contribution in [3.05, 3.63) is 35.4 Å². The Morgan fingerprint density at radius 3 is 2.09 bits per heavy atom. The van der Waals surface area contributed by atoms with Crippen molar-refractivity contribution in [1.29, 1.82) is 0 Å². The van der Waals surface area contributed by atoms with Gasteiger partial charge in [0.05, 0.1) is 0 Å². The van der Waals surface area contributed by atoms with Gasteiger partial charge in [-0.2, -0.15) is 13.2 Å². The van der Waals surface area contributed by atoms with Crippen LogP contribution in [-0.2, 0) is 4.79 Å². The van der Waals surface area contributed by atoms with Gasteiger partial charge in [-0.3, -0.25) is 9.59 Å². The van der Waals surface area contributed by atoms with E-state index in [1.165, 1.54) is 4.90 Å². The summed E-state index contributed by atoms with van der Waals surface area (Å²) in [6, 6.07) is 7.01. The average Bonchev–Trinajstić information content (AvgIpc) is 2.71. The summed E-state index contributed by atoms with van der Waals surface area (Å²) in [5.41, 5.74) is 1.52. The summed E-state index contributed by atoms with van der Waals surface area (Å²) in [4.78, 5) is 25.9. The molecular formula is C15H17F3N2O2. The summed E-state index contributed by atoms with van der Waals surface area (Å²) in [6.07, 6.45) is -4.53. The third-order valence-electron chi connectivity index (χ3n) is 3.61. The average molecular weight is 314 g/mol. The molecule has 0 atom stereocenters. The maximum absolute atomic E-state index is 12.5. The summed E-state index contributed by atoms with van der Waals surface area (Å²) in [6.45, 7) is 2.26. The van der Waals surface area contributed by atoms with Crippen LogP contribution < -0.4 is 0 Å². The number of alkyl halides is 3.